The highest BCUT2D eigenvalue weighted by molar-refractivity contribution is 8.00. The van der Waals surface area contributed by atoms with Crippen LogP contribution in [-0.2, 0) is 0 Å². The van der Waals surface area contributed by atoms with Crippen molar-refractivity contribution in [2.45, 2.75) is 30.2 Å². The van der Waals surface area contributed by atoms with Crippen molar-refractivity contribution in [1.29, 1.82) is 0 Å². The molecule has 0 aliphatic carbocycles. The molecule has 3 rings (SSSR count). The summed E-state index contributed by atoms with van der Waals surface area (Å²) in [5.41, 5.74) is -2.32. The molecule has 0 saturated carbocycles. The SMILES string of the molecule is CC(C)c1ccc(-c2nnc(NC(=O)c3ccc(SC(F)(F)F)cc3)o2)cc1. The van der Waals surface area contributed by atoms with E-state index in [1.165, 1.54) is 29.8 Å². The van der Waals surface area contributed by atoms with E-state index in [0.29, 0.717) is 11.5 Å². The Morgan fingerprint density at radius 2 is 1.68 bits per heavy atom. The fourth-order valence-corrected chi connectivity index (χ4v) is 2.92. The number of nitrogens with one attached hydrogen (secondary N) is 1. The normalized spacial score (nSPS) is 11.6. The second-order valence-corrected chi connectivity index (χ2v) is 7.35. The average molecular weight is 407 g/mol. The van der Waals surface area contributed by atoms with Gasteiger partial charge in [0, 0.05) is 16.0 Å². The molecule has 1 amide bonds. The monoisotopic (exact) mass is 407 g/mol. The van der Waals surface area contributed by atoms with Gasteiger partial charge in [-0.15, -0.1) is 5.10 Å². The highest BCUT2D eigenvalue weighted by Crippen LogP contribution is 2.36. The van der Waals surface area contributed by atoms with Crippen molar-refractivity contribution in [2.24, 2.45) is 0 Å². The maximum absolute atomic E-state index is 12.3. The average Bonchev–Trinajstić information content (AvgIpc) is 3.09. The van der Waals surface area contributed by atoms with Crippen LogP contribution < -0.4 is 5.32 Å². The van der Waals surface area contributed by atoms with Gasteiger partial charge >= 0.3 is 11.5 Å². The molecule has 0 spiro atoms. The number of thioether (sulfide) groups is 1. The number of halogens is 3. The standard InChI is InChI=1S/C19H16F3N3O2S/c1-11(2)12-3-5-14(6-4-12)17-24-25-18(27-17)23-16(26)13-7-9-15(10-8-13)28-19(20,21)22/h3-11H,1-2H3,(H,23,25,26). The predicted molar refractivity (Wildman–Crippen MR) is 100 cm³/mol. The van der Waals surface area contributed by atoms with Crippen molar-refractivity contribution >= 4 is 23.7 Å². The van der Waals surface area contributed by atoms with Gasteiger partial charge < -0.3 is 4.42 Å². The third kappa shape index (κ3) is 5.13. The molecule has 1 aromatic heterocycles. The first-order chi connectivity index (χ1) is 13.2. The van der Waals surface area contributed by atoms with Gasteiger partial charge in [0.1, 0.15) is 0 Å². The molecule has 1 N–H and O–H groups in total. The Balaban J connectivity index is 1.66. The maximum Gasteiger partial charge on any atom is 0.446 e. The molecule has 0 fully saturated rings. The molecule has 0 atom stereocenters. The Bertz CT molecular complexity index is 952. The Morgan fingerprint density at radius 3 is 2.25 bits per heavy atom. The van der Waals surface area contributed by atoms with Crippen LogP contribution in [0.2, 0.25) is 0 Å². The second kappa shape index (κ2) is 8.05. The van der Waals surface area contributed by atoms with Crippen molar-refractivity contribution in [1.82, 2.24) is 10.2 Å². The van der Waals surface area contributed by atoms with Crippen molar-refractivity contribution in [3.05, 3.63) is 59.7 Å². The minimum absolute atomic E-state index is 0.00558. The molecule has 9 heteroatoms. The van der Waals surface area contributed by atoms with E-state index < -0.39 is 11.4 Å². The van der Waals surface area contributed by atoms with Gasteiger partial charge in [-0.1, -0.05) is 31.1 Å². The van der Waals surface area contributed by atoms with Gasteiger partial charge in [-0.05, 0) is 59.6 Å². The molecular formula is C19H16F3N3O2S. The van der Waals surface area contributed by atoms with E-state index in [2.05, 4.69) is 29.4 Å². The lowest BCUT2D eigenvalue weighted by molar-refractivity contribution is -0.0328. The number of rotatable bonds is 5. The van der Waals surface area contributed by atoms with Gasteiger partial charge in [0.25, 0.3) is 5.91 Å². The number of alkyl halides is 3. The number of anilines is 1. The summed E-state index contributed by atoms with van der Waals surface area (Å²) < 4.78 is 42.5. The van der Waals surface area contributed by atoms with E-state index in [-0.39, 0.29) is 34.1 Å². The third-order valence-corrected chi connectivity index (χ3v) is 4.56. The third-order valence-electron chi connectivity index (χ3n) is 3.82. The first kappa shape index (κ1) is 19.9. The molecule has 0 saturated heterocycles. The van der Waals surface area contributed by atoms with Crippen LogP contribution in [0.4, 0.5) is 19.2 Å². The lowest BCUT2D eigenvalue weighted by Crippen LogP contribution is -2.12. The molecule has 146 valence electrons. The zero-order valence-corrected chi connectivity index (χ0v) is 15.8. The van der Waals surface area contributed by atoms with Gasteiger partial charge in [-0.25, -0.2) is 0 Å². The number of benzene rings is 2. The van der Waals surface area contributed by atoms with E-state index in [9.17, 15) is 18.0 Å². The van der Waals surface area contributed by atoms with Crippen molar-refractivity contribution < 1.29 is 22.4 Å². The van der Waals surface area contributed by atoms with Crippen LogP contribution in [0.1, 0.15) is 35.7 Å². The highest BCUT2D eigenvalue weighted by Gasteiger charge is 2.29. The van der Waals surface area contributed by atoms with Crippen LogP contribution in [0.5, 0.6) is 0 Å². The Hall–Kier alpha value is -2.81. The minimum Gasteiger partial charge on any atom is -0.403 e. The molecule has 3 aromatic rings. The number of amides is 1. The summed E-state index contributed by atoms with van der Waals surface area (Å²) in [7, 11) is 0. The molecule has 0 aliphatic heterocycles. The van der Waals surface area contributed by atoms with Crippen molar-refractivity contribution in [2.75, 3.05) is 5.32 Å². The van der Waals surface area contributed by atoms with Gasteiger partial charge in [0.15, 0.2) is 0 Å². The quantitative estimate of drug-likeness (QED) is 0.548. The molecule has 0 bridgehead atoms. The number of hydrogen-bond acceptors (Lipinski definition) is 5. The number of nitrogens with zero attached hydrogens (tertiary/aromatic N) is 2. The number of hydrogen-bond donors (Lipinski definition) is 1. The van der Waals surface area contributed by atoms with E-state index in [4.69, 9.17) is 4.42 Å². The lowest BCUT2D eigenvalue weighted by Gasteiger charge is -2.06. The van der Waals surface area contributed by atoms with Crippen LogP contribution in [-0.4, -0.2) is 21.6 Å². The number of carbonyl (C=O) groups excluding carboxylic acids is 1. The lowest BCUT2D eigenvalue weighted by atomic mass is 10.0. The Labute approximate surface area is 163 Å². The van der Waals surface area contributed by atoms with Gasteiger partial charge in [0.2, 0.25) is 5.89 Å². The van der Waals surface area contributed by atoms with E-state index in [1.807, 2.05) is 24.3 Å². The van der Waals surface area contributed by atoms with Crippen LogP contribution in [0.3, 0.4) is 0 Å². The van der Waals surface area contributed by atoms with E-state index in [1.54, 1.807) is 0 Å². The molecule has 0 aliphatic rings. The molecule has 0 radical (unpaired) electrons. The summed E-state index contributed by atoms with van der Waals surface area (Å²) in [6.45, 7) is 4.17. The minimum atomic E-state index is -4.38. The van der Waals surface area contributed by atoms with Crippen LogP contribution in [0, 0.1) is 0 Å². The summed E-state index contributed by atoms with van der Waals surface area (Å²) in [4.78, 5) is 12.2. The van der Waals surface area contributed by atoms with Gasteiger partial charge in [-0.2, -0.15) is 13.2 Å². The first-order valence-corrected chi connectivity index (χ1v) is 9.14. The van der Waals surface area contributed by atoms with Crippen LogP contribution in [0.25, 0.3) is 11.5 Å². The highest BCUT2D eigenvalue weighted by atomic mass is 32.2. The zero-order chi connectivity index (χ0) is 20.3. The molecule has 0 unspecified atom stereocenters. The van der Waals surface area contributed by atoms with Crippen LogP contribution in [0.15, 0.2) is 57.8 Å². The number of aromatic nitrogens is 2. The predicted octanol–water partition coefficient (Wildman–Crippen LogP) is 5.72. The molecule has 5 nitrogen and oxygen atoms in total. The van der Waals surface area contributed by atoms with Gasteiger partial charge in [-0.3, -0.25) is 10.1 Å². The maximum atomic E-state index is 12.3. The van der Waals surface area contributed by atoms with E-state index >= 15 is 0 Å². The summed E-state index contributed by atoms with van der Waals surface area (Å²) in [6, 6.07) is 12.6. The number of carbonyl (C=O) groups is 1. The fraction of sp³-hybridized carbons (Fsp3) is 0.211. The van der Waals surface area contributed by atoms with Crippen molar-refractivity contribution in [3.8, 4) is 11.5 Å². The first-order valence-electron chi connectivity index (χ1n) is 8.32. The molecule has 28 heavy (non-hydrogen) atoms. The molecule has 2 aromatic carbocycles. The molecule has 1 heterocycles. The second-order valence-electron chi connectivity index (χ2n) is 6.22. The summed E-state index contributed by atoms with van der Waals surface area (Å²) in [6.07, 6.45) is 0. The topological polar surface area (TPSA) is 68.0 Å². The van der Waals surface area contributed by atoms with Crippen LogP contribution >= 0.6 is 11.8 Å². The van der Waals surface area contributed by atoms with E-state index in [0.717, 1.165) is 0 Å². The fourth-order valence-electron chi connectivity index (χ4n) is 2.38. The summed E-state index contributed by atoms with van der Waals surface area (Å²) >= 11 is -0.244. The van der Waals surface area contributed by atoms with Gasteiger partial charge in [0.05, 0.1) is 0 Å². The van der Waals surface area contributed by atoms with Crippen molar-refractivity contribution in [3.63, 3.8) is 0 Å². The summed E-state index contributed by atoms with van der Waals surface area (Å²) in [5.74, 6) is 0.0870. The Morgan fingerprint density at radius 1 is 1.04 bits per heavy atom. The zero-order valence-electron chi connectivity index (χ0n) is 14.9. The smallest absolute Gasteiger partial charge is 0.403 e. The Kier molecular flexibility index (Phi) is 5.73. The summed E-state index contributed by atoms with van der Waals surface area (Å²) in [5, 5.41) is 10.1. The largest absolute Gasteiger partial charge is 0.446 e. The molecular weight excluding hydrogens is 391 g/mol.